The highest BCUT2D eigenvalue weighted by Gasteiger charge is 2.35. The Bertz CT molecular complexity index is 1300. The maximum atomic E-state index is 13.6. The lowest BCUT2D eigenvalue weighted by atomic mass is 9.95. The number of carbonyl (C=O) groups is 2. The zero-order valence-corrected chi connectivity index (χ0v) is 23.8. The standard InChI is InChI=1S/C26H30Cl2F3N3O4S/c1-17(25(36)32-21-9-4-3-5-10-21)33(15-18-7-6-8-20(27)13-18)24(35)16-34(39(2,37)38)23-14-19(26(29,30)31)11-12-22(23)28/h6-8,11-14,17,21H,3-5,9-10,15-16H2,1-2H3,(H,32,36). The zero-order valence-electron chi connectivity index (χ0n) is 21.5. The van der Waals surface area contributed by atoms with Gasteiger partial charge in [-0.2, -0.15) is 13.2 Å². The molecule has 1 saturated carbocycles. The number of benzene rings is 2. The van der Waals surface area contributed by atoms with Gasteiger partial charge in [0.05, 0.1) is 22.5 Å². The van der Waals surface area contributed by atoms with Crippen molar-refractivity contribution >= 4 is 50.7 Å². The first kappa shape index (κ1) is 31.0. The van der Waals surface area contributed by atoms with Crippen LogP contribution in [0.4, 0.5) is 18.9 Å². The summed E-state index contributed by atoms with van der Waals surface area (Å²) in [5.41, 5.74) is -1.04. The second-order valence-corrected chi connectivity index (χ2v) is 12.4. The van der Waals surface area contributed by atoms with Crippen LogP contribution in [0.5, 0.6) is 0 Å². The number of nitrogens with one attached hydrogen (secondary N) is 1. The van der Waals surface area contributed by atoms with Gasteiger partial charge in [-0.3, -0.25) is 13.9 Å². The third kappa shape index (κ3) is 8.49. The number of amides is 2. The monoisotopic (exact) mass is 607 g/mol. The number of sulfonamides is 1. The molecule has 1 aliphatic rings. The average Bonchev–Trinajstić information content (AvgIpc) is 2.85. The summed E-state index contributed by atoms with van der Waals surface area (Å²) < 4.78 is 66.0. The highest BCUT2D eigenvalue weighted by atomic mass is 35.5. The van der Waals surface area contributed by atoms with Crippen molar-refractivity contribution in [1.29, 1.82) is 0 Å². The number of hydrogen-bond acceptors (Lipinski definition) is 4. The van der Waals surface area contributed by atoms with Crippen LogP contribution in [0.3, 0.4) is 0 Å². The Morgan fingerprint density at radius 1 is 1.08 bits per heavy atom. The molecule has 1 unspecified atom stereocenters. The molecule has 0 saturated heterocycles. The highest BCUT2D eigenvalue weighted by molar-refractivity contribution is 7.92. The summed E-state index contributed by atoms with van der Waals surface area (Å²) in [7, 11) is -4.27. The molecular weight excluding hydrogens is 578 g/mol. The first-order valence-electron chi connectivity index (χ1n) is 12.4. The largest absolute Gasteiger partial charge is 0.416 e. The molecule has 0 radical (unpaired) electrons. The van der Waals surface area contributed by atoms with Gasteiger partial charge in [-0.1, -0.05) is 54.6 Å². The van der Waals surface area contributed by atoms with E-state index in [9.17, 15) is 31.2 Å². The second-order valence-electron chi connectivity index (χ2n) is 9.60. The van der Waals surface area contributed by atoms with Crippen molar-refractivity contribution in [3.63, 3.8) is 0 Å². The van der Waals surface area contributed by atoms with E-state index >= 15 is 0 Å². The maximum Gasteiger partial charge on any atom is 0.416 e. The lowest BCUT2D eigenvalue weighted by Crippen LogP contribution is -2.53. The Morgan fingerprint density at radius 3 is 2.33 bits per heavy atom. The minimum Gasteiger partial charge on any atom is -0.352 e. The maximum absolute atomic E-state index is 13.6. The van der Waals surface area contributed by atoms with E-state index in [2.05, 4.69) is 5.32 Å². The van der Waals surface area contributed by atoms with Gasteiger partial charge < -0.3 is 10.2 Å². The molecular formula is C26H30Cl2F3N3O4S. The molecule has 0 heterocycles. The topological polar surface area (TPSA) is 86.8 Å². The van der Waals surface area contributed by atoms with Crippen LogP contribution in [0.25, 0.3) is 0 Å². The fourth-order valence-electron chi connectivity index (χ4n) is 4.46. The minimum atomic E-state index is -4.77. The summed E-state index contributed by atoms with van der Waals surface area (Å²) in [6, 6.07) is 7.77. The quantitative estimate of drug-likeness (QED) is 0.399. The number of anilines is 1. The summed E-state index contributed by atoms with van der Waals surface area (Å²) in [6.45, 7) is 0.552. The number of alkyl halides is 3. The molecule has 0 spiro atoms. The lowest BCUT2D eigenvalue weighted by molar-refractivity contribution is -0.139. The number of halogens is 5. The van der Waals surface area contributed by atoms with E-state index in [0.717, 1.165) is 50.5 Å². The molecule has 0 aliphatic heterocycles. The summed E-state index contributed by atoms with van der Waals surface area (Å²) in [4.78, 5) is 28.0. The van der Waals surface area contributed by atoms with Crippen molar-refractivity contribution in [2.24, 2.45) is 0 Å². The van der Waals surface area contributed by atoms with E-state index in [1.165, 1.54) is 11.8 Å². The normalized spacial score (nSPS) is 15.5. The second kappa shape index (κ2) is 12.8. The van der Waals surface area contributed by atoms with Crippen molar-refractivity contribution in [3.05, 3.63) is 63.6 Å². The van der Waals surface area contributed by atoms with Crippen LogP contribution in [0.1, 0.15) is 50.2 Å². The minimum absolute atomic E-state index is 0.0340. The molecule has 2 aromatic carbocycles. The van der Waals surface area contributed by atoms with Crippen molar-refractivity contribution < 1.29 is 31.2 Å². The number of carbonyl (C=O) groups excluding carboxylic acids is 2. The molecule has 1 fully saturated rings. The van der Waals surface area contributed by atoms with E-state index in [4.69, 9.17) is 23.2 Å². The van der Waals surface area contributed by atoms with Gasteiger partial charge in [-0.15, -0.1) is 0 Å². The Kier molecular flexibility index (Phi) is 10.2. The van der Waals surface area contributed by atoms with Crippen molar-refractivity contribution in [3.8, 4) is 0 Å². The number of rotatable bonds is 9. The Hall–Kier alpha value is -2.50. The van der Waals surface area contributed by atoms with E-state index in [1.807, 2.05) is 0 Å². The summed E-state index contributed by atoms with van der Waals surface area (Å²) in [6.07, 6.45) is 0.666. The SMILES string of the molecule is CC(C(=O)NC1CCCCC1)N(Cc1cccc(Cl)c1)C(=O)CN(c1cc(C(F)(F)F)ccc1Cl)S(C)(=O)=O. The Labute approximate surface area is 236 Å². The Balaban J connectivity index is 1.95. The summed E-state index contributed by atoms with van der Waals surface area (Å²) in [5, 5.41) is 3.07. The molecule has 1 aliphatic carbocycles. The number of nitrogens with zero attached hydrogens (tertiary/aromatic N) is 2. The fraction of sp³-hybridized carbons (Fsp3) is 0.462. The van der Waals surface area contributed by atoms with Gasteiger partial charge >= 0.3 is 6.18 Å². The molecule has 214 valence electrons. The van der Waals surface area contributed by atoms with Gasteiger partial charge in [-0.25, -0.2) is 8.42 Å². The lowest BCUT2D eigenvalue weighted by Gasteiger charge is -2.33. The van der Waals surface area contributed by atoms with Crippen molar-refractivity contribution in [2.45, 2.75) is 63.8 Å². The number of hydrogen-bond donors (Lipinski definition) is 1. The molecule has 1 N–H and O–H groups in total. The van der Waals surface area contributed by atoms with Crippen molar-refractivity contribution in [1.82, 2.24) is 10.2 Å². The van der Waals surface area contributed by atoms with Crippen LogP contribution in [0.2, 0.25) is 10.0 Å². The van der Waals surface area contributed by atoms with Crippen LogP contribution in [0, 0.1) is 0 Å². The molecule has 1 atom stereocenters. The van der Waals surface area contributed by atoms with Crippen LogP contribution in [-0.4, -0.2) is 50.0 Å². The smallest absolute Gasteiger partial charge is 0.352 e. The van der Waals surface area contributed by atoms with Gasteiger partial charge in [0.1, 0.15) is 12.6 Å². The molecule has 7 nitrogen and oxygen atoms in total. The molecule has 13 heteroatoms. The van der Waals surface area contributed by atoms with E-state index in [1.54, 1.807) is 24.3 Å². The molecule has 0 bridgehead atoms. The first-order valence-corrected chi connectivity index (χ1v) is 15.0. The van der Waals surface area contributed by atoms with Gasteiger partial charge in [0.2, 0.25) is 21.8 Å². The summed E-state index contributed by atoms with van der Waals surface area (Å²) >= 11 is 12.2. The molecule has 0 aromatic heterocycles. The predicted octanol–water partition coefficient (Wildman–Crippen LogP) is 5.64. The molecule has 2 aromatic rings. The van der Waals surface area contributed by atoms with Gasteiger partial charge in [-0.05, 0) is 55.7 Å². The van der Waals surface area contributed by atoms with Crippen molar-refractivity contribution in [2.75, 3.05) is 17.1 Å². The van der Waals surface area contributed by atoms with Gasteiger partial charge in [0, 0.05) is 17.6 Å². The van der Waals surface area contributed by atoms with E-state index < -0.39 is 51.9 Å². The van der Waals surface area contributed by atoms with E-state index in [-0.39, 0.29) is 17.6 Å². The average molecular weight is 609 g/mol. The van der Waals surface area contributed by atoms with Gasteiger partial charge in [0.25, 0.3) is 0 Å². The van der Waals surface area contributed by atoms with Gasteiger partial charge in [0.15, 0.2) is 0 Å². The zero-order chi connectivity index (χ0) is 29.0. The molecule has 39 heavy (non-hydrogen) atoms. The third-order valence-electron chi connectivity index (χ3n) is 6.58. The highest BCUT2D eigenvalue weighted by Crippen LogP contribution is 2.36. The fourth-order valence-corrected chi connectivity index (χ4v) is 5.79. The molecule has 2 amide bonds. The van der Waals surface area contributed by atoms with Crippen LogP contribution in [0.15, 0.2) is 42.5 Å². The van der Waals surface area contributed by atoms with E-state index in [0.29, 0.717) is 21.0 Å². The van der Waals surface area contributed by atoms with Crippen LogP contribution in [-0.2, 0) is 32.3 Å². The predicted molar refractivity (Wildman–Crippen MR) is 145 cm³/mol. The molecule has 3 rings (SSSR count). The first-order chi connectivity index (χ1) is 18.2. The Morgan fingerprint density at radius 2 is 1.74 bits per heavy atom. The van der Waals surface area contributed by atoms with Crippen LogP contribution < -0.4 is 9.62 Å². The summed E-state index contributed by atoms with van der Waals surface area (Å²) in [5.74, 6) is -1.22. The van der Waals surface area contributed by atoms with Crippen LogP contribution >= 0.6 is 23.2 Å². The third-order valence-corrected chi connectivity index (χ3v) is 8.26.